The van der Waals surface area contributed by atoms with Crippen LogP contribution in [0.4, 0.5) is 0 Å². The Kier molecular flexibility index (Phi) is 8.55. The van der Waals surface area contributed by atoms with E-state index in [9.17, 15) is 0 Å². The fraction of sp³-hybridized carbons (Fsp3) is 0.0769. The van der Waals surface area contributed by atoms with Gasteiger partial charge in [0.2, 0.25) is 0 Å². The molecule has 0 saturated heterocycles. The topological polar surface area (TPSA) is 31.5 Å². The maximum absolute atomic E-state index is 2.16. The van der Waals surface area contributed by atoms with Gasteiger partial charge in [0, 0.05) is 0 Å². The molecule has 0 saturated carbocycles. The minimum Gasteiger partial charge on any atom is -0.412 e. The molecule has 0 aliphatic heterocycles. The first-order valence-corrected chi connectivity index (χ1v) is 9.06. The van der Waals surface area contributed by atoms with Crippen molar-refractivity contribution in [1.29, 1.82) is 0 Å². The lowest BCUT2D eigenvalue weighted by molar-refractivity contribution is 0.824. The summed E-state index contributed by atoms with van der Waals surface area (Å²) in [6.45, 7) is 0. The van der Waals surface area contributed by atoms with Gasteiger partial charge in [0.1, 0.15) is 0 Å². The summed E-state index contributed by atoms with van der Waals surface area (Å²) >= 11 is 0. The molecule has 0 bridgehead atoms. The van der Waals surface area contributed by atoms with Gasteiger partial charge in [-0.05, 0) is 35.1 Å². The summed E-state index contributed by atoms with van der Waals surface area (Å²) in [5.74, 6) is 0. The Bertz CT molecular complexity index is 705. The van der Waals surface area contributed by atoms with Gasteiger partial charge in [0.15, 0.2) is 0 Å². The molecule has 0 atom stereocenters. The van der Waals surface area contributed by atoms with Gasteiger partial charge in [0.25, 0.3) is 0 Å². The first-order chi connectivity index (χ1) is 12.9. The molecule has 0 amide bonds. The van der Waals surface area contributed by atoms with Crippen LogP contribution in [0.2, 0.25) is 0 Å². The van der Waals surface area contributed by atoms with Crippen LogP contribution < -0.4 is 0 Å². The minimum absolute atomic E-state index is 0. The van der Waals surface area contributed by atoms with Crippen molar-refractivity contribution in [2.75, 3.05) is 0 Å². The Balaban J connectivity index is 0.000000187. The van der Waals surface area contributed by atoms with Gasteiger partial charge in [-0.2, -0.15) is 0 Å². The molecule has 4 rings (SSSR count). The highest BCUT2D eigenvalue weighted by atomic mass is 16.0. The Morgan fingerprint density at radius 1 is 0.296 bits per heavy atom. The fourth-order valence-corrected chi connectivity index (χ4v) is 2.85. The van der Waals surface area contributed by atoms with Crippen molar-refractivity contribution in [2.24, 2.45) is 0 Å². The summed E-state index contributed by atoms with van der Waals surface area (Å²) in [7, 11) is 0. The van der Waals surface area contributed by atoms with Crippen molar-refractivity contribution in [3.63, 3.8) is 0 Å². The van der Waals surface area contributed by atoms with Crippen molar-refractivity contribution >= 4 is 0 Å². The average Bonchev–Trinajstić information content (AvgIpc) is 2.72. The second kappa shape index (κ2) is 11.5. The fourth-order valence-electron chi connectivity index (χ4n) is 2.85. The summed E-state index contributed by atoms with van der Waals surface area (Å²) in [4.78, 5) is 0. The average molecular weight is 354 g/mol. The second-order valence-electron chi connectivity index (χ2n) is 6.30. The van der Waals surface area contributed by atoms with Gasteiger partial charge in [-0.25, -0.2) is 0 Å². The third-order valence-electron chi connectivity index (χ3n) is 4.19. The molecule has 4 aromatic carbocycles. The van der Waals surface area contributed by atoms with E-state index >= 15 is 0 Å². The molecule has 136 valence electrons. The lowest BCUT2D eigenvalue weighted by Gasteiger charge is -2.00. The highest BCUT2D eigenvalue weighted by molar-refractivity contribution is 5.26. The highest BCUT2D eigenvalue weighted by Crippen LogP contribution is 2.08. The lowest BCUT2D eigenvalue weighted by atomic mass is 10.1. The van der Waals surface area contributed by atoms with Gasteiger partial charge in [-0.15, -0.1) is 0 Å². The normalized spacial score (nSPS) is 9.48. The monoisotopic (exact) mass is 354 g/mol. The zero-order chi connectivity index (χ0) is 17.9. The summed E-state index contributed by atoms with van der Waals surface area (Å²) in [6.07, 6.45) is 2.06. The van der Waals surface area contributed by atoms with Gasteiger partial charge >= 0.3 is 0 Å². The molecule has 0 spiro atoms. The summed E-state index contributed by atoms with van der Waals surface area (Å²) in [5.41, 5.74) is 5.48. The summed E-state index contributed by atoms with van der Waals surface area (Å²) in [6, 6.07) is 42.1. The molecule has 1 nitrogen and oxygen atoms in total. The quantitative estimate of drug-likeness (QED) is 0.448. The Morgan fingerprint density at radius 2 is 0.481 bits per heavy atom. The molecular weight excluding hydrogens is 328 g/mol. The maximum Gasteiger partial charge on any atom is -0.00258 e. The Labute approximate surface area is 162 Å². The Hall–Kier alpha value is -3.16. The molecule has 1 heteroatoms. The number of benzene rings is 4. The highest BCUT2D eigenvalue weighted by Gasteiger charge is 1.93. The van der Waals surface area contributed by atoms with E-state index in [1.165, 1.54) is 22.3 Å². The molecule has 0 unspecified atom stereocenters. The van der Waals surface area contributed by atoms with E-state index in [1.54, 1.807) is 0 Å². The van der Waals surface area contributed by atoms with Gasteiger partial charge in [-0.3, -0.25) is 0 Å². The van der Waals surface area contributed by atoms with E-state index in [1.807, 2.05) is 0 Å². The zero-order valence-electron chi connectivity index (χ0n) is 15.5. The molecule has 0 aliphatic carbocycles. The third-order valence-corrected chi connectivity index (χ3v) is 4.19. The predicted octanol–water partition coefficient (Wildman–Crippen LogP) is 5.73. The van der Waals surface area contributed by atoms with Crippen molar-refractivity contribution in [3.05, 3.63) is 144 Å². The van der Waals surface area contributed by atoms with E-state index in [-0.39, 0.29) is 5.48 Å². The van der Waals surface area contributed by atoms with Crippen LogP contribution in [0.25, 0.3) is 0 Å². The standard InChI is InChI=1S/2C13H12.H2O/c2*1-3-7-12(8-4-1)11-13-9-5-2-6-10-13;/h2*1-10H,11H2;1H2. The van der Waals surface area contributed by atoms with Crippen LogP contribution in [0.5, 0.6) is 0 Å². The van der Waals surface area contributed by atoms with E-state index in [4.69, 9.17) is 0 Å². The smallest absolute Gasteiger partial charge is 0.00258 e. The first-order valence-electron chi connectivity index (χ1n) is 9.06. The minimum atomic E-state index is 0. The first kappa shape index (κ1) is 20.2. The molecule has 0 aliphatic rings. The van der Waals surface area contributed by atoms with E-state index in [0.29, 0.717) is 0 Å². The molecule has 27 heavy (non-hydrogen) atoms. The number of hydrogen-bond donors (Lipinski definition) is 0. The second-order valence-corrected chi connectivity index (χ2v) is 6.30. The molecular formula is C26H26O. The van der Waals surface area contributed by atoms with Crippen LogP contribution in [-0.2, 0) is 12.8 Å². The van der Waals surface area contributed by atoms with Gasteiger partial charge in [0.05, 0.1) is 0 Å². The van der Waals surface area contributed by atoms with Crippen LogP contribution >= 0.6 is 0 Å². The molecule has 2 N–H and O–H groups in total. The van der Waals surface area contributed by atoms with Crippen LogP contribution in [0.15, 0.2) is 121 Å². The molecule has 4 aromatic rings. The zero-order valence-corrected chi connectivity index (χ0v) is 15.5. The van der Waals surface area contributed by atoms with Crippen LogP contribution in [-0.4, -0.2) is 5.48 Å². The van der Waals surface area contributed by atoms with Gasteiger partial charge < -0.3 is 5.48 Å². The van der Waals surface area contributed by atoms with Crippen molar-refractivity contribution in [2.45, 2.75) is 12.8 Å². The van der Waals surface area contributed by atoms with E-state index in [0.717, 1.165) is 12.8 Å². The summed E-state index contributed by atoms with van der Waals surface area (Å²) < 4.78 is 0. The third kappa shape index (κ3) is 7.31. The SMILES string of the molecule is O.c1ccc(Cc2ccccc2)cc1.c1ccc(Cc2ccccc2)cc1. The molecule has 0 fully saturated rings. The lowest BCUT2D eigenvalue weighted by Crippen LogP contribution is -1.85. The summed E-state index contributed by atoms with van der Waals surface area (Å²) in [5, 5.41) is 0. The van der Waals surface area contributed by atoms with Gasteiger partial charge in [-0.1, -0.05) is 121 Å². The van der Waals surface area contributed by atoms with E-state index in [2.05, 4.69) is 121 Å². The predicted molar refractivity (Wildman–Crippen MR) is 115 cm³/mol. The van der Waals surface area contributed by atoms with Crippen LogP contribution in [0, 0.1) is 0 Å². The maximum atomic E-state index is 2.16. The van der Waals surface area contributed by atoms with Crippen molar-refractivity contribution < 1.29 is 5.48 Å². The molecule has 0 heterocycles. The molecule has 0 aromatic heterocycles. The van der Waals surface area contributed by atoms with Crippen molar-refractivity contribution in [1.82, 2.24) is 0 Å². The largest absolute Gasteiger partial charge is 0.412 e. The van der Waals surface area contributed by atoms with Crippen molar-refractivity contribution in [3.8, 4) is 0 Å². The molecule has 0 radical (unpaired) electrons. The number of rotatable bonds is 4. The number of hydrogen-bond acceptors (Lipinski definition) is 0. The van der Waals surface area contributed by atoms with Crippen LogP contribution in [0.1, 0.15) is 22.3 Å². The Morgan fingerprint density at radius 3 is 0.667 bits per heavy atom. The van der Waals surface area contributed by atoms with E-state index < -0.39 is 0 Å². The van der Waals surface area contributed by atoms with Crippen LogP contribution in [0.3, 0.4) is 0 Å².